The lowest BCUT2D eigenvalue weighted by molar-refractivity contribution is -0.146. The quantitative estimate of drug-likeness (QED) is 0.270. The zero-order valence-electron chi connectivity index (χ0n) is 21.1. The summed E-state index contributed by atoms with van der Waals surface area (Å²) in [5.74, 6) is -1.61. The molecule has 3 saturated heterocycles. The summed E-state index contributed by atoms with van der Waals surface area (Å²) in [5, 5.41) is 4.36. The molecule has 3 fully saturated rings. The second-order valence-corrected chi connectivity index (χ2v) is 9.39. The molecule has 3 atom stereocenters. The number of nitrogens with one attached hydrogen (secondary N) is 1. The van der Waals surface area contributed by atoms with Crippen molar-refractivity contribution >= 4 is 34.6 Å². The Morgan fingerprint density at radius 1 is 1.11 bits per heavy atom. The van der Waals surface area contributed by atoms with Crippen molar-refractivity contribution in [2.75, 3.05) is 26.2 Å². The molecule has 0 radical (unpaired) electrons. The molecule has 0 unspecified atom stereocenters. The fraction of sp³-hybridized carbons (Fsp3) is 0.357. The van der Waals surface area contributed by atoms with Crippen LogP contribution in [0.1, 0.15) is 30.1 Å². The minimum Gasteiger partial charge on any atom is -0.453 e. The molecule has 38 heavy (non-hydrogen) atoms. The molecule has 5 rings (SSSR count). The summed E-state index contributed by atoms with van der Waals surface area (Å²) in [5.41, 5.74) is 0.260. The first-order chi connectivity index (χ1) is 18.4. The molecule has 10 nitrogen and oxygen atoms in total. The first-order valence-corrected chi connectivity index (χ1v) is 12.6. The number of piperidine rings is 1. The average Bonchev–Trinajstić information content (AvgIpc) is 3.49. The molecule has 0 saturated carbocycles. The van der Waals surface area contributed by atoms with E-state index in [0.717, 1.165) is 18.2 Å². The zero-order chi connectivity index (χ0) is 26.8. The molecule has 3 heterocycles. The van der Waals surface area contributed by atoms with Gasteiger partial charge in [-0.1, -0.05) is 49.1 Å². The van der Waals surface area contributed by atoms with Crippen LogP contribution in [0, 0.1) is 0 Å². The van der Waals surface area contributed by atoms with E-state index in [-0.39, 0.29) is 24.5 Å². The molecule has 198 valence electrons. The molecule has 3 amide bonds. The van der Waals surface area contributed by atoms with Crippen molar-refractivity contribution in [1.29, 1.82) is 0 Å². The first-order valence-electron chi connectivity index (χ1n) is 12.6. The van der Waals surface area contributed by atoms with Crippen LogP contribution in [0.4, 0.5) is 4.79 Å². The third-order valence-electron chi connectivity index (χ3n) is 6.82. The van der Waals surface area contributed by atoms with E-state index < -0.39 is 42.2 Å². The lowest BCUT2D eigenvalue weighted by Crippen LogP contribution is -2.50. The summed E-state index contributed by atoms with van der Waals surface area (Å²) in [6, 6.07) is 12.7. The van der Waals surface area contributed by atoms with Crippen molar-refractivity contribution in [2.24, 2.45) is 0 Å². The van der Waals surface area contributed by atoms with Gasteiger partial charge in [-0.25, -0.2) is 4.79 Å². The molecular weight excluding hydrogens is 490 g/mol. The predicted octanol–water partition coefficient (Wildman–Crippen LogP) is 2.74. The van der Waals surface area contributed by atoms with Gasteiger partial charge >= 0.3 is 12.1 Å². The minimum atomic E-state index is -1.09. The maximum absolute atomic E-state index is 13.9. The lowest BCUT2D eigenvalue weighted by atomic mass is 10.0. The number of benzene rings is 2. The number of likely N-dealkylation sites (tertiary alicyclic amines) is 2. The van der Waals surface area contributed by atoms with Gasteiger partial charge < -0.3 is 24.4 Å². The Hall–Kier alpha value is -4.18. The predicted molar refractivity (Wildman–Crippen MR) is 137 cm³/mol. The fourth-order valence-corrected chi connectivity index (χ4v) is 5.03. The van der Waals surface area contributed by atoms with E-state index >= 15 is 0 Å². The minimum absolute atomic E-state index is 0.0403. The highest BCUT2D eigenvalue weighted by Gasteiger charge is 2.57. The third-order valence-corrected chi connectivity index (χ3v) is 6.82. The molecule has 0 bridgehead atoms. The van der Waals surface area contributed by atoms with Crippen LogP contribution in [0.3, 0.4) is 0 Å². The lowest BCUT2D eigenvalue weighted by Gasteiger charge is -2.34. The summed E-state index contributed by atoms with van der Waals surface area (Å²) in [6.45, 7) is 5.82. The Morgan fingerprint density at radius 2 is 1.84 bits per heavy atom. The average molecular weight is 520 g/mol. The second kappa shape index (κ2) is 10.7. The van der Waals surface area contributed by atoms with Crippen molar-refractivity contribution in [3.63, 3.8) is 0 Å². The highest BCUT2D eigenvalue weighted by atomic mass is 16.6. The van der Waals surface area contributed by atoms with Gasteiger partial charge in [-0.3, -0.25) is 19.3 Å². The van der Waals surface area contributed by atoms with Gasteiger partial charge in [0.15, 0.2) is 6.10 Å². The van der Waals surface area contributed by atoms with Crippen LogP contribution in [0.2, 0.25) is 0 Å². The van der Waals surface area contributed by atoms with E-state index in [1.807, 2.05) is 30.3 Å². The third kappa shape index (κ3) is 4.99. The fourth-order valence-electron chi connectivity index (χ4n) is 5.03. The molecule has 1 N–H and O–H groups in total. The normalized spacial score (nSPS) is 23.3. The number of nitrogens with zero attached hydrogens (tertiary/aromatic N) is 2. The number of ether oxygens (including phenoxy) is 3. The summed E-state index contributed by atoms with van der Waals surface area (Å²) < 4.78 is 16.6. The molecule has 2 aromatic carbocycles. The maximum Gasteiger partial charge on any atom is 0.414 e. The molecular formula is C28H29N3O7. The highest BCUT2D eigenvalue weighted by molar-refractivity contribution is 6.10. The zero-order valence-corrected chi connectivity index (χ0v) is 21.1. The van der Waals surface area contributed by atoms with Crippen molar-refractivity contribution in [3.05, 3.63) is 72.1 Å². The van der Waals surface area contributed by atoms with Gasteiger partial charge in [0.1, 0.15) is 24.5 Å². The number of rotatable bonds is 6. The van der Waals surface area contributed by atoms with Crippen LogP contribution in [-0.4, -0.2) is 78.2 Å². The van der Waals surface area contributed by atoms with E-state index in [0.29, 0.717) is 24.0 Å². The number of esters is 1. The summed E-state index contributed by atoms with van der Waals surface area (Å²) in [6.07, 6.45) is 0.262. The Morgan fingerprint density at radius 3 is 2.58 bits per heavy atom. The Kier molecular flexibility index (Phi) is 7.15. The van der Waals surface area contributed by atoms with Gasteiger partial charge in [0.2, 0.25) is 0 Å². The number of fused-ring (bicyclic) bond motifs is 2. The molecule has 0 aromatic heterocycles. The van der Waals surface area contributed by atoms with Crippen molar-refractivity contribution in [3.8, 4) is 0 Å². The Balaban J connectivity index is 1.62. The van der Waals surface area contributed by atoms with Crippen LogP contribution in [-0.2, 0) is 23.8 Å². The van der Waals surface area contributed by atoms with E-state index in [9.17, 15) is 19.2 Å². The van der Waals surface area contributed by atoms with Crippen LogP contribution in [0.5, 0.6) is 0 Å². The highest BCUT2D eigenvalue weighted by Crippen LogP contribution is 2.40. The summed E-state index contributed by atoms with van der Waals surface area (Å²) in [4.78, 5) is 55.6. The molecule has 0 aliphatic carbocycles. The second-order valence-electron chi connectivity index (χ2n) is 9.39. The number of epoxide rings is 1. The number of hydrogen-bond acceptors (Lipinski definition) is 7. The number of carbonyl (C=O) groups excluding carboxylic acids is 4. The molecule has 10 heteroatoms. The van der Waals surface area contributed by atoms with E-state index in [4.69, 9.17) is 14.2 Å². The SMILES string of the molecule is C=CCOC(=O)N1C[C@H]2O[C@H]2[C@H](OC(C)=O)/C1=C(\NC(=O)c1cccc2ccccc12)C(=O)N1CCCC1. The van der Waals surface area contributed by atoms with Gasteiger partial charge in [-0.05, 0) is 29.7 Å². The molecule has 3 aliphatic heterocycles. The summed E-state index contributed by atoms with van der Waals surface area (Å²) >= 11 is 0. The Labute approximate surface area is 219 Å². The van der Waals surface area contributed by atoms with E-state index in [1.165, 1.54) is 17.9 Å². The van der Waals surface area contributed by atoms with Crippen molar-refractivity contribution in [2.45, 2.75) is 38.1 Å². The standard InChI is InChI=1S/C28H29N3O7/c1-3-15-36-28(35)31-16-21-24(38-21)25(37-17(2)32)23(31)22(27(34)30-13-6-7-14-30)29-26(33)20-12-8-10-18-9-4-5-11-19(18)20/h3-5,8-12,21,24-25H,1,6-7,13-16H2,2H3,(H,29,33)/b23-22+/t21-,24-,25-/m1/s1. The van der Waals surface area contributed by atoms with Crippen LogP contribution in [0.25, 0.3) is 10.8 Å². The molecule has 2 aromatic rings. The summed E-state index contributed by atoms with van der Waals surface area (Å²) in [7, 11) is 0. The number of hydrogen-bond donors (Lipinski definition) is 1. The first kappa shape index (κ1) is 25.5. The smallest absolute Gasteiger partial charge is 0.414 e. The van der Waals surface area contributed by atoms with Crippen molar-refractivity contribution in [1.82, 2.24) is 15.1 Å². The molecule has 3 aliphatic rings. The van der Waals surface area contributed by atoms with Gasteiger partial charge in [0, 0.05) is 25.6 Å². The monoisotopic (exact) mass is 519 g/mol. The van der Waals surface area contributed by atoms with E-state index in [2.05, 4.69) is 11.9 Å². The van der Waals surface area contributed by atoms with Crippen LogP contribution < -0.4 is 5.32 Å². The van der Waals surface area contributed by atoms with Crippen LogP contribution in [0.15, 0.2) is 66.5 Å². The van der Waals surface area contributed by atoms with Crippen molar-refractivity contribution < 1.29 is 33.4 Å². The maximum atomic E-state index is 13.9. The largest absolute Gasteiger partial charge is 0.453 e. The number of carbonyl (C=O) groups is 4. The topological polar surface area (TPSA) is 118 Å². The van der Waals surface area contributed by atoms with Gasteiger partial charge in [0.05, 0.1) is 12.2 Å². The van der Waals surface area contributed by atoms with Gasteiger partial charge in [0.25, 0.3) is 11.8 Å². The number of amides is 3. The Bertz CT molecular complexity index is 1330. The van der Waals surface area contributed by atoms with Gasteiger partial charge in [-0.2, -0.15) is 0 Å². The van der Waals surface area contributed by atoms with Gasteiger partial charge in [-0.15, -0.1) is 0 Å². The molecule has 0 spiro atoms. The van der Waals surface area contributed by atoms with E-state index in [1.54, 1.807) is 17.0 Å². The van der Waals surface area contributed by atoms with Crippen LogP contribution >= 0.6 is 0 Å².